The number of furan rings is 2. The summed E-state index contributed by atoms with van der Waals surface area (Å²) in [6.07, 6.45) is 5.27. The smallest absolute Gasteiger partial charge is 0.136 e. The molecule has 0 amide bonds. The molecule has 1 aliphatic rings. The Bertz CT molecular complexity index is 2480. The van der Waals surface area contributed by atoms with Crippen LogP contribution in [0.4, 0.5) is 17.1 Å². The van der Waals surface area contributed by atoms with Crippen molar-refractivity contribution < 1.29 is 8.83 Å². The normalized spacial score (nSPS) is 13.6. The second-order valence-electron chi connectivity index (χ2n) is 13.6. The third-order valence-electron chi connectivity index (χ3n) is 10.7. The second-order valence-corrected chi connectivity index (χ2v) is 13.6. The van der Waals surface area contributed by atoms with E-state index in [-0.39, 0.29) is 0 Å². The van der Waals surface area contributed by atoms with E-state index in [0.717, 1.165) is 83.2 Å². The molecule has 2 heterocycles. The lowest BCUT2D eigenvalue weighted by molar-refractivity contribution is 0.668. The average molecular weight is 646 g/mol. The first-order valence-corrected chi connectivity index (χ1v) is 17.7. The van der Waals surface area contributed by atoms with Crippen LogP contribution in [0.25, 0.3) is 66.1 Å². The molecule has 0 N–H and O–H groups in total. The number of rotatable bonds is 6. The van der Waals surface area contributed by atoms with E-state index in [1.807, 2.05) is 24.3 Å². The highest BCUT2D eigenvalue weighted by molar-refractivity contribution is 6.06. The molecule has 1 saturated carbocycles. The van der Waals surface area contributed by atoms with Gasteiger partial charge in [-0.2, -0.15) is 0 Å². The lowest BCUT2D eigenvalue weighted by Gasteiger charge is -2.26. The molecule has 0 aliphatic heterocycles. The van der Waals surface area contributed by atoms with E-state index in [1.54, 1.807) is 0 Å². The van der Waals surface area contributed by atoms with Crippen molar-refractivity contribution in [1.82, 2.24) is 0 Å². The summed E-state index contributed by atoms with van der Waals surface area (Å²) in [5.74, 6) is 0.684. The zero-order valence-corrected chi connectivity index (χ0v) is 27.7. The standard InChI is InChI=1S/C47H35NO2/c1-2-8-31(7-1)32-13-21-37(22-14-32)48(38-23-15-33(16-24-38)35-19-27-42-40-9-3-5-11-44(40)49-46(42)29-35)39-25-17-34(18-26-39)36-20-28-43-41-10-4-6-12-45(41)50-47(43)30-36/h3-6,9-31H,1-2,7-8H2. The lowest BCUT2D eigenvalue weighted by Crippen LogP contribution is -2.10. The monoisotopic (exact) mass is 645 g/mol. The van der Waals surface area contributed by atoms with Crippen LogP contribution in [0.5, 0.6) is 0 Å². The van der Waals surface area contributed by atoms with E-state index in [9.17, 15) is 0 Å². The van der Waals surface area contributed by atoms with Gasteiger partial charge < -0.3 is 13.7 Å². The Kier molecular flexibility index (Phi) is 6.83. The van der Waals surface area contributed by atoms with E-state index in [4.69, 9.17) is 8.83 Å². The van der Waals surface area contributed by atoms with Crippen molar-refractivity contribution in [1.29, 1.82) is 0 Å². The quantitative estimate of drug-likeness (QED) is 0.180. The van der Waals surface area contributed by atoms with Gasteiger partial charge in [0, 0.05) is 38.6 Å². The van der Waals surface area contributed by atoms with Gasteiger partial charge >= 0.3 is 0 Å². The van der Waals surface area contributed by atoms with Gasteiger partial charge in [0.25, 0.3) is 0 Å². The fraction of sp³-hybridized carbons (Fsp3) is 0.106. The first-order valence-electron chi connectivity index (χ1n) is 17.7. The van der Waals surface area contributed by atoms with Crippen LogP contribution in [-0.4, -0.2) is 0 Å². The zero-order valence-electron chi connectivity index (χ0n) is 27.7. The van der Waals surface area contributed by atoms with Crippen LogP contribution in [0.1, 0.15) is 37.2 Å². The molecule has 0 unspecified atom stereocenters. The maximum Gasteiger partial charge on any atom is 0.136 e. The largest absolute Gasteiger partial charge is 0.456 e. The van der Waals surface area contributed by atoms with Crippen molar-refractivity contribution in [2.45, 2.75) is 31.6 Å². The van der Waals surface area contributed by atoms with Crippen LogP contribution < -0.4 is 4.90 Å². The topological polar surface area (TPSA) is 29.5 Å². The van der Waals surface area contributed by atoms with Gasteiger partial charge in [-0.25, -0.2) is 0 Å². The maximum absolute atomic E-state index is 6.20. The minimum absolute atomic E-state index is 0.684. The van der Waals surface area contributed by atoms with Gasteiger partial charge in [-0.3, -0.25) is 0 Å². The number of anilines is 3. The van der Waals surface area contributed by atoms with Crippen LogP contribution in [0.3, 0.4) is 0 Å². The fourth-order valence-electron chi connectivity index (χ4n) is 8.02. The second kappa shape index (κ2) is 11.8. The molecular formula is C47H35NO2. The fourth-order valence-corrected chi connectivity index (χ4v) is 8.02. The Morgan fingerprint density at radius 3 is 1.26 bits per heavy atom. The van der Waals surface area contributed by atoms with Crippen molar-refractivity contribution in [3.63, 3.8) is 0 Å². The van der Waals surface area contributed by atoms with Gasteiger partial charge in [0.15, 0.2) is 0 Å². The zero-order chi connectivity index (χ0) is 33.0. The maximum atomic E-state index is 6.20. The summed E-state index contributed by atoms with van der Waals surface area (Å²) in [4.78, 5) is 2.36. The molecule has 1 fully saturated rings. The number of hydrogen-bond donors (Lipinski definition) is 0. The number of nitrogens with zero attached hydrogens (tertiary/aromatic N) is 1. The van der Waals surface area contributed by atoms with Crippen molar-refractivity contribution >= 4 is 60.9 Å². The average Bonchev–Trinajstić information content (AvgIpc) is 3.93. The summed E-state index contributed by atoms with van der Waals surface area (Å²) in [6, 6.07) is 56.6. The Hall–Kier alpha value is -6.06. The number of fused-ring (bicyclic) bond motifs is 6. The minimum Gasteiger partial charge on any atom is -0.456 e. The van der Waals surface area contributed by atoms with Crippen molar-refractivity contribution in [3.8, 4) is 22.3 Å². The van der Waals surface area contributed by atoms with Gasteiger partial charge in [-0.05, 0) is 119 Å². The molecule has 0 atom stereocenters. The Balaban J connectivity index is 1.00. The van der Waals surface area contributed by atoms with Crippen LogP contribution >= 0.6 is 0 Å². The SMILES string of the molecule is c1ccc2c(c1)oc1cc(-c3ccc(N(c4ccc(-c5ccc6c(c5)oc5ccccc56)cc4)c4ccc(C5CCCC5)cc4)cc3)ccc12. The molecule has 0 radical (unpaired) electrons. The molecule has 50 heavy (non-hydrogen) atoms. The Morgan fingerprint density at radius 1 is 0.380 bits per heavy atom. The summed E-state index contributed by atoms with van der Waals surface area (Å²) < 4.78 is 12.4. The van der Waals surface area contributed by atoms with E-state index < -0.39 is 0 Å². The van der Waals surface area contributed by atoms with Crippen molar-refractivity contribution in [3.05, 3.63) is 163 Å². The van der Waals surface area contributed by atoms with Crippen LogP contribution in [-0.2, 0) is 0 Å². The van der Waals surface area contributed by atoms with E-state index in [2.05, 4.69) is 138 Å². The Morgan fingerprint density at radius 2 is 0.780 bits per heavy atom. The molecule has 7 aromatic carbocycles. The molecule has 3 nitrogen and oxygen atoms in total. The van der Waals surface area contributed by atoms with Gasteiger partial charge in [-0.15, -0.1) is 0 Å². The van der Waals surface area contributed by atoms with Crippen LogP contribution in [0.2, 0.25) is 0 Å². The van der Waals surface area contributed by atoms with Gasteiger partial charge in [0.1, 0.15) is 22.3 Å². The van der Waals surface area contributed by atoms with Crippen molar-refractivity contribution in [2.75, 3.05) is 4.90 Å². The molecule has 3 heteroatoms. The summed E-state index contributed by atoms with van der Waals surface area (Å²) in [7, 11) is 0. The summed E-state index contributed by atoms with van der Waals surface area (Å²) in [6.45, 7) is 0. The molecular weight excluding hydrogens is 611 g/mol. The van der Waals surface area contributed by atoms with E-state index in [1.165, 1.54) is 31.2 Å². The summed E-state index contributed by atoms with van der Waals surface area (Å²) in [5, 5.41) is 4.60. The highest BCUT2D eigenvalue weighted by Crippen LogP contribution is 2.40. The molecule has 10 rings (SSSR count). The molecule has 0 bridgehead atoms. The first-order chi connectivity index (χ1) is 24.7. The van der Waals surface area contributed by atoms with Crippen LogP contribution in [0, 0.1) is 0 Å². The molecule has 9 aromatic rings. The van der Waals surface area contributed by atoms with Crippen LogP contribution in [0.15, 0.2) is 167 Å². The predicted octanol–water partition coefficient (Wildman–Crippen LogP) is 13.9. The van der Waals surface area contributed by atoms with Gasteiger partial charge in [-0.1, -0.05) is 97.8 Å². The molecule has 0 saturated heterocycles. The highest BCUT2D eigenvalue weighted by Gasteiger charge is 2.19. The van der Waals surface area contributed by atoms with Crippen molar-refractivity contribution in [2.24, 2.45) is 0 Å². The molecule has 240 valence electrons. The lowest BCUT2D eigenvalue weighted by atomic mass is 9.97. The Labute approximate surface area is 291 Å². The van der Waals surface area contributed by atoms with Gasteiger partial charge in [0.2, 0.25) is 0 Å². The van der Waals surface area contributed by atoms with Gasteiger partial charge in [0.05, 0.1) is 0 Å². The molecule has 1 aliphatic carbocycles. The number of para-hydroxylation sites is 2. The predicted molar refractivity (Wildman–Crippen MR) is 208 cm³/mol. The van der Waals surface area contributed by atoms with E-state index >= 15 is 0 Å². The summed E-state index contributed by atoms with van der Waals surface area (Å²) >= 11 is 0. The minimum atomic E-state index is 0.684. The summed E-state index contributed by atoms with van der Waals surface area (Å²) in [5.41, 5.74) is 13.1. The highest BCUT2D eigenvalue weighted by atomic mass is 16.3. The molecule has 2 aromatic heterocycles. The number of benzene rings is 7. The third kappa shape index (κ3) is 4.97. The van der Waals surface area contributed by atoms with E-state index in [0.29, 0.717) is 5.92 Å². The first kappa shape index (κ1) is 28.9. The molecule has 0 spiro atoms. The number of hydrogen-bond acceptors (Lipinski definition) is 3. The third-order valence-corrected chi connectivity index (χ3v) is 10.7.